The Morgan fingerprint density at radius 2 is 2.08 bits per heavy atom. The molecule has 0 fully saturated rings. The summed E-state index contributed by atoms with van der Waals surface area (Å²) in [5.41, 5.74) is 2.62. The Bertz CT molecular complexity index is 751. The molecule has 2 aromatic rings. The molecule has 1 aromatic heterocycles. The van der Waals surface area contributed by atoms with Gasteiger partial charge >= 0.3 is 5.97 Å². The number of amides is 1. The summed E-state index contributed by atoms with van der Waals surface area (Å²) in [6, 6.07) is 6.69. The molecule has 1 aliphatic rings. The number of nitrogens with one attached hydrogen (secondary N) is 1. The molecule has 5 nitrogen and oxygen atoms in total. The van der Waals surface area contributed by atoms with Crippen molar-refractivity contribution in [3.8, 4) is 5.75 Å². The highest BCUT2D eigenvalue weighted by Crippen LogP contribution is 2.33. The first-order valence-corrected chi connectivity index (χ1v) is 8.76. The molecule has 6 heteroatoms. The molecule has 126 valence electrons. The maximum absolute atomic E-state index is 12.5. The van der Waals surface area contributed by atoms with Gasteiger partial charge in [-0.05, 0) is 55.0 Å². The molecule has 1 aliphatic carbocycles. The van der Waals surface area contributed by atoms with E-state index in [0.717, 1.165) is 24.8 Å². The fourth-order valence-corrected chi connectivity index (χ4v) is 4.09. The summed E-state index contributed by atoms with van der Waals surface area (Å²) in [5.74, 6) is 0.0212. The molecule has 3 rings (SSSR count). The van der Waals surface area contributed by atoms with Crippen LogP contribution in [0.3, 0.4) is 0 Å². The first-order chi connectivity index (χ1) is 11.5. The molecule has 0 aliphatic heterocycles. The number of hydrogen-bond acceptors (Lipinski definition) is 4. The highest BCUT2D eigenvalue weighted by molar-refractivity contribution is 7.10. The Labute approximate surface area is 144 Å². The van der Waals surface area contributed by atoms with E-state index in [-0.39, 0.29) is 12.5 Å². The van der Waals surface area contributed by atoms with Crippen LogP contribution in [0.2, 0.25) is 0 Å². The number of carboxylic acid groups (broad SMARTS) is 1. The maximum Gasteiger partial charge on any atom is 0.341 e. The van der Waals surface area contributed by atoms with Gasteiger partial charge in [0.2, 0.25) is 0 Å². The molecule has 1 unspecified atom stereocenters. The molecule has 1 atom stereocenters. The predicted octanol–water partition coefficient (Wildman–Crippen LogP) is 3.59. The van der Waals surface area contributed by atoms with Crippen molar-refractivity contribution in [3.63, 3.8) is 0 Å². The predicted molar refractivity (Wildman–Crippen MR) is 93.0 cm³/mol. The number of rotatable bonds is 5. The Morgan fingerprint density at radius 3 is 2.79 bits per heavy atom. The number of hydrogen-bond donors (Lipinski definition) is 2. The summed E-state index contributed by atoms with van der Waals surface area (Å²) in [6.07, 6.45) is 3.15. The Hall–Kier alpha value is -2.34. The number of carboxylic acids is 1. The van der Waals surface area contributed by atoms with Gasteiger partial charge in [-0.1, -0.05) is 6.92 Å². The van der Waals surface area contributed by atoms with E-state index in [1.165, 1.54) is 10.4 Å². The van der Waals surface area contributed by atoms with Crippen LogP contribution in [-0.4, -0.2) is 23.6 Å². The number of anilines is 1. The number of carbonyl (C=O) groups excluding carboxylic acids is 1. The lowest BCUT2D eigenvalue weighted by atomic mass is 9.88. The van der Waals surface area contributed by atoms with Crippen LogP contribution in [0.15, 0.2) is 29.6 Å². The zero-order valence-electron chi connectivity index (χ0n) is 13.4. The smallest absolute Gasteiger partial charge is 0.341 e. The van der Waals surface area contributed by atoms with Crippen molar-refractivity contribution in [3.05, 3.63) is 45.6 Å². The quantitative estimate of drug-likeness (QED) is 0.868. The Kier molecular flexibility index (Phi) is 4.85. The van der Waals surface area contributed by atoms with Crippen molar-refractivity contribution in [1.82, 2.24) is 0 Å². The lowest BCUT2D eigenvalue weighted by molar-refractivity contribution is -0.139. The van der Waals surface area contributed by atoms with Gasteiger partial charge in [-0.2, -0.15) is 0 Å². The SMILES string of the molecule is CC1CCc2c(C(=O)Nc3ccc(OCC(=O)O)cc3)csc2C1. The molecule has 0 radical (unpaired) electrons. The number of fused-ring (bicyclic) bond motifs is 1. The maximum atomic E-state index is 12.5. The van der Waals surface area contributed by atoms with Crippen LogP contribution >= 0.6 is 11.3 Å². The van der Waals surface area contributed by atoms with E-state index in [2.05, 4.69) is 12.2 Å². The van der Waals surface area contributed by atoms with Gasteiger partial charge in [0.25, 0.3) is 5.91 Å². The molecule has 0 saturated carbocycles. The molecule has 0 bridgehead atoms. The van der Waals surface area contributed by atoms with Gasteiger partial charge in [0.1, 0.15) is 5.75 Å². The molecule has 0 saturated heterocycles. The van der Waals surface area contributed by atoms with E-state index in [9.17, 15) is 9.59 Å². The number of aliphatic carboxylic acids is 1. The fourth-order valence-electron chi connectivity index (χ4n) is 2.85. The molecule has 24 heavy (non-hydrogen) atoms. The van der Waals surface area contributed by atoms with E-state index in [1.807, 2.05) is 5.38 Å². The summed E-state index contributed by atoms with van der Waals surface area (Å²) in [7, 11) is 0. The molecule has 1 heterocycles. The van der Waals surface area contributed by atoms with Crippen molar-refractivity contribution >= 4 is 28.9 Å². The number of ether oxygens (including phenoxy) is 1. The summed E-state index contributed by atoms with van der Waals surface area (Å²) in [5, 5.41) is 13.4. The zero-order chi connectivity index (χ0) is 17.1. The molecule has 0 spiro atoms. The fraction of sp³-hybridized carbons (Fsp3) is 0.333. The third-order valence-electron chi connectivity index (χ3n) is 4.12. The van der Waals surface area contributed by atoms with Gasteiger partial charge in [0.15, 0.2) is 6.61 Å². The Balaban J connectivity index is 1.66. The van der Waals surface area contributed by atoms with Gasteiger partial charge in [0.05, 0.1) is 5.56 Å². The summed E-state index contributed by atoms with van der Waals surface area (Å²) < 4.78 is 5.07. The monoisotopic (exact) mass is 345 g/mol. The largest absolute Gasteiger partial charge is 0.482 e. The summed E-state index contributed by atoms with van der Waals surface area (Å²) in [6.45, 7) is 1.86. The molecule has 1 amide bonds. The van der Waals surface area contributed by atoms with E-state index < -0.39 is 5.97 Å². The van der Waals surface area contributed by atoms with Crippen molar-refractivity contribution in [2.24, 2.45) is 5.92 Å². The topological polar surface area (TPSA) is 75.6 Å². The first-order valence-electron chi connectivity index (χ1n) is 7.88. The minimum atomic E-state index is -1.02. The van der Waals surface area contributed by atoms with Crippen molar-refractivity contribution in [2.45, 2.75) is 26.2 Å². The van der Waals surface area contributed by atoms with Crippen molar-refractivity contribution in [2.75, 3.05) is 11.9 Å². The van der Waals surface area contributed by atoms with Crippen LogP contribution in [0.4, 0.5) is 5.69 Å². The minimum Gasteiger partial charge on any atom is -0.482 e. The van der Waals surface area contributed by atoms with Gasteiger partial charge in [-0.3, -0.25) is 4.79 Å². The molecule has 2 N–H and O–H groups in total. The standard InChI is InChI=1S/C18H19NO4S/c1-11-2-7-14-15(10-24-16(14)8-11)18(22)19-12-3-5-13(6-4-12)23-9-17(20)21/h3-6,10-11H,2,7-9H2,1H3,(H,19,22)(H,20,21). The second kappa shape index (κ2) is 7.05. The van der Waals surface area contributed by atoms with Crippen LogP contribution in [0, 0.1) is 5.92 Å². The van der Waals surface area contributed by atoms with E-state index in [4.69, 9.17) is 9.84 Å². The van der Waals surface area contributed by atoms with E-state index in [0.29, 0.717) is 17.4 Å². The van der Waals surface area contributed by atoms with E-state index in [1.54, 1.807) is 35.6 Å². The number of thiophene rings is 1. The van der Waals surface area contributed by atoms with Crippen LogP contribution in [0.5, 0.6) is 5.75 Å². The van der Waals surface area contributed by atoms with Crippen LogP contribution in [0.25, 0.3) is 0 Å². The highest BCUT2D eigenvalue weighted by atomic mass is 32.1. The number of carbonyl (C=O) groups is 2. The zero-order valence-corrected chi connectivity index (χ0v) is 14.2. The van der Waals surface area contributed by atoms with Crippen LogP contribution < -0.4 is 10.1 Å². The van der Waals surface area contributed by atoms with Gasteiger partial charge in [-0.15, -0.1) is 11.3 Å². The van der Waals surface area contributed by atoms with Crippen LogP contribution in [0.1, 0.15) is 34.1 Å². The van der Waals surface area contributed by atoms with E-state index >= 15 is 0 Å². The molecule has 1 aromatic carbocycles. The van der Waals surface area contributed by atoms with Gasteiger partial charge < -0.3 is 15.2 Å². The van der Waals surface area contributed by atoms with Gasteiger partial charge in [0, 0.05) is 15.9 Å². The van der Waals surface area contributed by atoms with Gasteiger partial charge in [-0.25, -0.2) is 4.79 Å². The van der Waals surface area contributed by atoms with Crippen LogP contribution in [-0.2, 0) is 17.6 Å². The summed E-state index contributed by atoms with van der Waals surface area (Å²) in [4.78, 5) is 24.3. The first kappa shape index (κ1) is 16.5. The minimum absolute atomic E-state index is 0.0961. The lowest BCUT2D eigenvalue weighted by Crippen LogP contribution is -2.16. The third-order valence-corrected chi connectivity index (χ3v) is 5.17. The summed E-state index contributed by atoms with van der Waals surface area (Å²) >= 11 is 1.67. The average molecular weight is 345 g/mol. The lowest BCUT2D eigenvalue weighted by Gasteiger charge is -2.18. The average Bonchev–Trinajstić information content (AvgIpc) is 2.97. The Morgan fingerprint density at radius 1 is 1.33 bits per heavy atom. The highest BCUT2D eigenvalue weighted by Gasteiger charge is 2.23. The third kappa shape index (κ3) is 3.76. The van der Waals surface area contributed by atoms with Crippen molar-refractivity contribution < 1.29 is 19.4 Å². The van der Waals surface area contributed by atoms with Crippen molar-refractivity contribution in [1.29, 1.82) is 0 Å². The second-order valence-corrected chi connectivity index (χ2v) is 7.02. The number of benzene rings is 1. The molecular weight excluding hydrogens is 326 g/mol. The second-order valence-electron chi connectivity index (χ2n) is 6.06. The molecular formula is C18H19NO4S. The normalized spacial score (nSPS) is 16.3.